The van der Waals surface area contributed by atoms with Crippen LogP contribution < -0.4 is 4.74 Å². The fourth-order valence-corrected chi connectivity index (χ4v) is 2.92. The number of halogens is 1. The molecule has 2 unspecified atom stereocenters. The summed E-state index contributed by atoms with van der Waals surface area (Å²) >= 11 is 3.42. The second-order valence-corrected chi connectivity index (χ2v) is 5.70. The highest BCUT2D eigenvalue weighted by molar-refractivity contribution is 9.10. The molecule has 16 heavy (non-hydrogen) atoms. The maximum atomic E-state index is 10.1. The lowest BCUT2D eigenvalue weighted by Gasteiger charge is -2.38. The number of rotatable bonds is 1. The first kappa shape index (κ1) is 10.6. The second kappa shape index (κ2) is 4.04. The standard InChI is InChI=1S/C13H15BrO2/c14-9-4-5-12-10(6-9)11(15)7-13(16-12)8-2-1-3-8/h4-6,8,11,13,15H,1-3,7H2. The van der Waals surface area contributed by atoms with Crippen LogP contribution in [0, 0.1) is 5.92 Å². The first-order valence-corrected chi connectivity index (χ1v) is 6.67. The van der Waals surface area contributed by atoms with Gasteiger partial charge in [-0.15, -0.1) is 0 Å². The Labute approximate surface area is 104 Å². The molecule has 0 saturated heterocycles. The number of hydrogen-bond acceptors (Lipinski definition) is 2. The van der Waals surface area contributed by atoms with Gasteiger partial charge in [0.1, 0.15) is 11.9 Å². The first-order valence-electron chi connectivity index (χ1n) is 5.88. The van der Waals surface area contributed by atoms with Gasteiger partial charge in [-0.3, -0.25) is 0 Å². The fourth-order valence-electron chi connectivity index (χ4n) is 2.55. The van der Waals surface area contributed by atoms with Gasteiger partial charge in [-0.25, -0.2) is 0 Å². The summed E-state index contributed by atoms with van der Waals surface area (Å²) in [6.07, 6.45) is 4.42. The van der Waals surface area contributed by atoms with Crippen molar-refractivity contribution in [2.75, 3.05) is 0 Å². The van der Waals surface area contributed by atoms with Gasteiger partial charge < -0.3 is 9.84 Å². The summed E-state index contributed by atoms with van der Waals surface area (Å²) in [6, 6.07) is 5.87. The van der Waals surface area contributed by atoms with E-state index in [2.05, 4.69) is 15.9 Å². The van der Waals surface area contributed by atoms with E-state index in [0.717, 1.165) is 22.2 Å². The molecule has 0 bridgehead atoms. The molecule has 1 aromatic rings. The Morgan fingerprint density at radius 1 is 1.31 bits per heavy atom. The summed E-state index contributed by atoms with van der Waals surface area (Å²) in [7, 11) is 0. The van der Waals surface area contributed by atoms with Crippen molar-refractivity contribution in [1.29, 1.82) is 0 Å². The molecular weight excluding hydrogens is 268 g/mol. The van der Waals surface area contributed by atoms with Crippen molar-refractivity contribution in [3.8, 4) is 5.75 Å². The van der Waals surface area contributed by atoms with Gasteiger partial charge >= 0.3 is 0 Å². The Balaban J connectivity index is 1.87. The Hall–Kier alpha value is -0.540. The van der Waals surface area contributed by atoms with Crippen LogP contribution in [0.1, 0.15) is 37.4 Å². The van der Waals surface area contributed by atoms with E-state index in [1.54, 1.807) is 0 Å². The molecule has 3 heteroatoms. The number of aliphatic hydroxyl groups excluding tert-OH is 1. The largest absolute Gasteiger partial charge is 0.490 e. The average Bonchev–Trinajstić information content (AvgIpc) is 2.17. The highest BCUT2D eigenvalue weighted by Gasteiger charge is 2.35. The molecule has 2 atom stereocenters. The molecule has 0 spiro atoms. The van der Waals surface area contributed by atoms with E-state index in [-0.39, 0.29) is 12.2 Å². The molecule has 0 radical (unpaired) electrons. The molecular formula is C13H15BrO2. The normalized spacial score (nSPS) is 29.1. The van der Waals surface area contributed by atoms with Gasteiger partial charge in [0.25, 0.3) is 0 Å². The zero-order valence-electron chi connectivity index (χ0n) is 9.03. The minimum absolute atomic E-state index is 0.220. The van der Waals surface area contributed by atoms with Crippen molar-refractivity contribution in [2.24, 2.45) is 5.92 Å². The second-order valence-electron chi connectivity index (χ2n) is 4.78. The van der Waals surface area contributed by atoms with Crippen LogP contribution in [0.4, 0.5) is 0 Å². The maximum Gasteiger partial charge on any atom is 0.125 e. The maximum absolute atomic E-state index is 10.1. The molecule has 1 saturated carbocycles. The summed E-state index contributed by atoms with van der Waals surface area (Å²) in [5.74, 6) is 1.52. The van der Waals surface area contributed by atoms with E-state index >= 15 is 0 Å². The van der Waals surface area contributed by atoms with Gasteiger partial charge in [0.2, 0.25) is 0 Å². The van der Waals surface area contributed by atoms with Crippen molar-refractivity contribution in [1.82, 2.24) is 0 Å². The van der Waals surface area contributed by atoms with Crippen molar-refractivity contribution in [3.63, 3.8) is 0 Å². The lowest BCUT2D eigenvalue weighted by Crippen LogP contribution is -2.36. The fraction of sp³-hybridized carbons (Fsp3) is 0.538. The van der Waals surface area contributed by atoms with Gasteiger partial charge in [0.15, 0.2) is 0 Å². The first-order chi connectivity index (χ1) is 7.74. The SMILES string of the molecule is OC1CC(C2CCC2)Oc2ccc(Br)cc21. The Morgan fingerprint density at radius 3 is 2.81 bits per heavy atom. The summed E-state index contributed by atoms with van der Waals surface area (Å²) in [5, 5.41) is 10.1. The molecule has 2 aliphatic rings. The Morgan fingerprint density at radius 2 is 2.12 bits per heavy atom. The minimum atomic E-state index is -0.369. The van der Waals surface area contributed by atoms with Crippen molar-refractivity contribution in [2.45, 2.75) is 37.9 Å². The topological polar surface area (TPSA) is 29.5 Å². The van der Waals surface area contributed by atoms with Crippen LogP contribution in [0.5, 0.6) is 5.75 Å². The third kappa shape index (κ3) is 1.76. The highest BCUT2D eigenvalue weighted by Crippen LogP contribution is 2.42. The third-order valence-electron chi connectivity index (χ3n) is 3.74. The van der Waals surface area contributed by atoms with E-state index in [0.29, 0.717) is 5.92 Å². The molecule has 1 heterocycles. The van der Waals surface area contributed by atoms with Crippen molar-refractivity contribution >= 4 is 15.9 Å². The van der Waals surface area contributed by atoms with Gasteiger partial charge in [0.05, 0.1) is 6.10 Å². The molecule has 3 rings (SSSR count). The zero-order chi connectivity index (χ0) is 11.1. The van der Waals surface area contributed by atoms with E-state index < -0.39 is 0 Å². The van der Waals surface area contributed by atoms with Gasteiger partial charge in [-0.1, -0.05) is 22.4 Å². The number of benzene rings is 1. The predicted molar refractivity (Wildman–Crippen MR) is 65.5 cm³/mol. The van der Waals surface area contributed by atoms with Crippen LogP contribution in [-0.2, 0) is 0 Å². The van der Waals surface area contributed by atoms with E-state index in [1.807, 2.05) is 18.2 Å². The van der Waals surface area contributed by atoms with Crippen LogP contribution in [0.3, 0.4) is 0 Å². The van der Waals surface area contributed by atoms with E-state index in [9.17, 15) is 5.11 Å². The number of aliphatic hydroxyl groups is 1. The van der Waals surface area contributed by atoms with E-state index in [4.69, 9.17) is 4.74 Å². The smallest absolute Gasteiger partial charge is 0.125 e. The molecule has 0 aromatic heterocycles. The van der Waals surface area contributed by atoms with Crippen molar-refractivity contribution in [3.05, 3.63) is 28.2 Å². The van der Waals surface area contributed by atoms with Gasteiger partial charge in [-0.2, -0.15) is 0 Å². The summed E-state index contributed by atoms with van der Waals surface area (Å²) in [5.41, 5.74) is 0.921. The van der Waals surface area contributed by atoms with Crippen LogP contribution in [-0.4, -0.2) is 11.2 Å². The number of fused-ring (bicyclic) bond motifs is 1. The molecule has 1 aliphatic heterocycles. The number of ether oxygens (including phenoxy) is 1. The highest BCUT2D eigenvalue weighted by atomic mass is 79.9. The quantitative estimate of drug-likeness (QED) is 0.855. The molecule has 0 amide bonds. The average molecular weight is 283 g/mol. The summed E-state index contributed by atoms with van der Waals surface area (Å²) in [4.78, 5) is 0. The molecule has 2 nitrogen and oxygen atoms in total. The monoisotopic (exact) mass is 282 g/mol. The minimum Gasteiger partial charge on any atom is -0.490 e. The molecule has 1 N–H and O–H groups in total. The Bertz CT molecular complexity index is 401. The van der Waals surface area contributed by atoms with E-state index in [1.165, 1.54) is 19.3 Å². The molecule has 1 aliphatic carbocycles. The lowest BCUT2D eigenvalue weighted by molar-refractivity contribution is 0.0105. The zero-order valence-corrected chi connectivity index (χ0v) is 10.6. The van der Waals surface area contributed by atoms with Crippen LogP contribution >= 0.6 is 15.9 Å². The lowest BCUT2D eigenvalue weighted by atomic mass is 9.78. The van der Waals surface area contributed by atoms with Crippen LogP contribution in [0.2, 0.25) is 0 Å². The molecule has 86 valence electrons. The van der Waals surface area contributed by atoms with Gasteiger partial charge in [-0.05, 0) is 37.0 Å². The summed E-state index contributed by atoms with van der Waals surface area (Å²) < 4.78 is 6.98. The predicted octanol–water partition coefficient (Wildman–Crippen LogP) is 3.43. The van der Waals surface area contributed by atoms with Crippen LogP contribution in [0.15, 0.2) is 22.7 Å². The third-order valence-corrected chi connectivity index (χ3v) is 4.23. The molecule has 1 fully saturated rings. The molecule has 1 aromatic carbocycles. The summed E-state index contributed by atoms with van der Waals surface area (Å²) in [6.45, 7) is 0. The Kier molecular flexibility index (Phi) is 2.68. The van der Waals surface area contributed by atoms with Crippen LogP contribution in [0.25, 0.3) is 0 Å². The van der Waals surface area contributed by atoms with Gasteiger partial charge in [0, 0.05) is 16.5 Å². The van der Waals surface area contributed by atoms with Crippen molar-refractivity contribution < 1.29 is 9.84 Å². The number of hydrogen-bond donors (Lipinski definition) is 1.